The van der Waals surface area contributed by atoms with E-state index in [1.54, 1.807) is 0 Å². The second-order valence-corrected chi connectivity index (χ2v) is 8.18. The number of halogens is 2. The van der Waals surface area contributed by atoms with Crippen LogP contribution in [0.2, 0.25) is 5.02 Å². The number of anilines is 2. The molecule has 0 spiro atoms. The SMILES string of the molecule is CC(C)Cn1cnc2c(P)c(Nc3ccc(Br)cc3Cl)c(C=O)cc21. The van der Waals surface area contributed by atoms with Gasteiger partial charge in [-0.05, 0) is 30.2 Å². The van der Waals surface area contributed by atoms with Gasteiger partial charge in [-0.1, -0.05) is 41.4 Å². The average molecular weight is 439 g/mol. The Bertz CT molecular complexity index is 955. The first-order chi connectivity index (χ1) is 11.9. The monoisotopic (exact) mass is 437 g/mol. The number of hydrogen-bond donors (Lipinski definition) is 1. The van der Waals surface area contributed by atoms with Gasteiger partial charge in [-0.2, -0.15) is 0 Å². The van der Waals surface area contributed by atoms with E-state index in [0.29, 0.717) is 22.2 Å². The number of carbonyl (C=O) groups excluding carboxylic acids is 1. The van der Waals surface area contributed by atoms with E-state index in [-0.39, 0.29) is 0 Å². The van der Waals surface area contributed by atoms with Gasteiger partial charge in [0.2, 0.25) is 0 Å². The molecule has 0 saturated heterocycles. The van der Waals surface area contributed by atoms with Crippen molar-refractivity contribution in [1.82, 2.24) is 9.55 Å². The first kappa shape index (κ1) is 18.4. The van der Waals surface area contributed by atoms with Gasteiger partial charge in [-0.3, -0.25) is 4.79 Å². The summed E-state index contributed by atoms with van der Waals surface area (Å²) in [4.78, 5) is 16.2. The normalized spacial score (nSPS) is 11.3. The predicted octanol–water partition coefficient (Wildman–Crippen LogP) is 5.16. The van der Waals surface area contributed by atoms with Crippen LogP contribution in [-0.4, -0.2) is 15.8 Å². The second kappa shape index (κ2) is 7.45. The fraction of sp³-hybridized carbons (Fsp3) is 0.222. The van der Waals surface area contributed by atoms with E-state index in [1.165, 1.54) is 0 Å². The number of fused-ring (bicyclic) bond motifs is 1. The smallest absolute Gasteiger partial charge is 0.152 e. The number of aldehydes is 1. The van der Waals surface area contributed by atoms with Gasteiger partial charge in [0.15, 0.2) is 6.29 Å². The van der Waals surface area contributed by atoms with Crippen molar-refractivity contribution in [2.75, 3.05) is 5.32 Å². The van der Waals surface area contributed by atoms with E-state index < -0.39 is 0 Å². The van der Waals surface area contributed by atoms with Crippen LogP contribution in [0, 0.1) is 5.92 Å². The van der Waals surface area contributed by atoms with Gasteiger partial charge in [-0.15, -0.1) is 9.24 Å². The van der Waals surface area contributed by atoms with E-state index in [1.807, 2.05) is 30.6 Å². The third-order valence-electron chi connectivity index (χ3n) is 3.86. The van der Waals surface area contributed by atoms with Gasteiger partial charge in [0.05, 0.1) is 33.8 Å². The molecule has 4 nitrogen and oxygen atoms in total. The molecule has 1 N–H and O–H groups in total. The minimum atomic E-state index is 0.490. The number of imidazole rings is 1. The van der Waals surface area contributed by atoms with E-state index in [2.05, 4.69) is 53.9 Å². The summed E-state index contributed by atoms with van der Waals surface area (Å²) in [5.41, 5.74) is 3.81. The van der Waals surface area contributed by atoms with Gasteiger partial charge >= 0.3 is 0 Å². The molecular formula is C18H18BrClN3OP. The molecular weight excluding hydrogens is 421 g/mol. The Morgan fingerprint density at radius 3 is 2.80 bits per heavy atom. The maximum atomic E-state index is 11.7. The maximum Gasteiger partial charge on any atom is 0.152 e. The molecule has 0 saturated carbocycles. The van der Waals surface area contributed by atoms with Gasteiger partial charge in [-0.25, -0.2) is 4.98 Å². The van der Waals surface area contributed by atoms with Crippen LogP contribution < -0.4 is 10.6 Å². The molecule has 3 aromatic rings. The van der Waals surface area contributed by atoms with Gasteiger partial charge in [0.1, 0.15) is 0 Å². The van der Waals surface area contributed by atoms with Crippen LogP contribution in [-0.2, 0) is 6.54 Å². The molecule has 7 heteroatoms. The fourth-order valence-electron chi connectivity index (χ4n) is 2.74. The Kier molecular flexibility index (Phi) is 5.47. The standard InChI is InChI=1S/C18H18BrClN3OP/c1-10(2)7-23-9-21-17-15(23)5-11(8-24)16(18(17)25)22-14-4-3-12(19)6-13(14)20/h3-6,8-10,22H,7,25H2,1-2H3. The lowest BCUT2D eigenvalue weighted by atomic mass is 10.1. The highest BCUT2D eigenvalue weighted by Gasteiger charge is 2.16. The zero-order valence-electron chi connectivity index (χ0n) is 13.9. The quantitative estimate of drug-likeness (QED) is 0.442. The molecule has 0 aliphatic heterocycles. The largest absolute Gasteiger partial charge is 0.353 e. The van der Waals surface area contributed by atoms with Crippen LogP contribution in [0.1, 0.15) is 24.2 Å². The molecule has 130 valence electrons. The molecule has 0 aliphatic carbocycles. The number of aromatic nitrogens is 2. The van der Waals surface area contributed by atoms with Crippen molar-refractivity contribution < 1.29 is 4.79 Å². The summed E-state index contributed by atoms with van der Waals surface area (Å²) in [6.07, 6.45) is 2.68. The van der Waals surface area contributed by atoms with Gasteiger partial charge in [0, 0.05) is 21.9 Å². The fourth-order valence-corrected chi connectivity index (χ4v) is 3.92. The maximum absolute atomic E-state index is 11.7. The molecule has 1 unspecified atom stereocenters. The number of nitrogens with zero attached hydrogens (tertiary/aromatic N) is 2. The highest BCUT2D eigenvalue weighted by Crippen LogP contribution is 2.31. The number of hydrogen-bond acceptors (Lipinski definition) is 3. The Morgan fingerprint density at radius 2 is 2.16 bits per heavy atom. The number of benzene rings is 2. The van der Waals surface area contributed by atoms with Crippen LogP contribution in [0.3, 0.4) is 0 Å². The van der Waals surface area contributed by atoms with Gasteiger partial charge < -0.3 is 9.88 Å². The summed E-state index contributed by atoms with van der Waals surface area (Å²) in [7, 11) is 2.69. The minimum absolute atomic E-state index is 0.490. The van der Waals surface area contributed by atoms with Crippen molar-refractivity contribution in [2.45, 2.75) is 20.4 Å². The molecule has 0 fully saturated rings. The van der Waals surface area contributed by atoms with Crippen molar-refractivity contribution in [3.63, 3.8) is 0 Å². The Morgan fingerprint density at radius 1 is 1.40 bits per heavy atom. The topological polar surface area (TPSA) is 46.9 Å². The van der Waals surface area contributed by atoms with Crippen LogP contribution in [0.5, 0.6) is 0 Å². The average Bonchev–Trinajstić information content (AvgIpc) is 2.94. The third-order valence-corrected chi connectivity index (χ3v) is 5.23. The molecule has 0 radical (unpaired) electrons. The summed E-state index contributed by atoms with van der Waals surface area (Å²) < 4.78 is 2.98. The summed E-state index contributed by atoms with van der Waals surface area (Å²) in [6, 6.07) is 7.45. The lowest BCUT2D eigenvalue weighted by Crippen LogP contribution is -2.09. The van der Waals surface area contributed by atoms with Crippen LogP contribution >= 0.6 is 36.8 Å². The first-order valence-corrected chi connectivity index (χ1v) is 9.60. The highest BCUT2D eigenvalue weighted by molar-refractivity contribution is 9.10. The molecule has 1 heterocycles. The zero-order valence-corrected chi connectivity index (χ0v) is 17.4. The number of rotatable bonds is 5. The lowest BCUT2D eigenvalue weighted by molar-refractivity contribution is 0.112. The third kappa shape index (κ3) is 3.74. The molecule has 0 aliphatic rings. The van der Waals surface area contributed by atoms with Crippen LogP contribution in [0.4, 0.5) is 11.4 Å². The minimum Gasteiger partial charge on any atom is -0.353 e. The van der Waals surface area contributed by atoms with Crippen molar-refractivity contribution >= 4 is 70.8 Å². The molecule has 0 amide bonds. The molecule has 0 bridgehead atoms. The first-order valence-electron chi connectivity index (χ1n) is 7.85. The molecule has 3 rings (SSSR count). The lowest BCUT2D eigenvalue weighted by Gasteiger charge is -2.15. The molecule has 1 aromatic heterocycles. The van der Waals surface area contributed by atoms with Crippen molar-refractivity contribution in [1.29, 1.82) is 0 Å². The predicted molar refractivity (Wildman–Crippen MR) is 112 cm³/mol. The molecule has 1 atom stereocenters. The van der Waals surface area contributed by atoms with E-state index in [0.717, 1.165) is 39.3 Å². The molecule has 25 heavy (non-hydrogen) atoms. The van der Waals surface area contributed by atoms with Crippen LogP contribution in [0.15, 0.2) is 35.1 Å². The van der Waals surface area contributed by atoms with E-state index >= 15 is 0 Å². The van der Waals surface area contributed by atoms with Crippen LogP contribution in [0.25, 0.3) is 11.0 Å². The Balaban J connectivity index is 2.11. The zero-order chi connectivity index (χ0) is 18.1. The highest BCUT2D eigenvalue weighted by atomic mass is 79.9. The Labute approximate surface area is 162 Å². The summed E-state index contributed by atoms with van der Waals surface area (Å²) >= 11 is 9.69. The van der Waals surface area contributed by atoms with Crippen molar-refractivity contribution in [3.05, 3.63) is 45.7 Å². The summed E-state index contributed by atoms with van der Waals surface area (Å²) in [5.74, 6) is 0.490. The van der Waals surface area contributed by atoms with E-state index in [9.17, 15) is 4.79 Å². The Hall–Kier alpha value is -1.42. The summed E-state index contributed by atoms with van der Waals surface area (Å²) in [6.45, 7) is 5.16. The van der Waals surface area contributed by atoms with E-state index in [4.69, 9.17) is 11.6 Å². The second-order valence-electron chi connectivity index (χ2n) is 6.28. The molecule has 2 aromatic carbocycles. The number of nitrogens with one attached hydrogen (secondary N) is 1. The number of carbonyl (C=O) groups is 1. The van der Waals surface area contributed by atoms with Gasteiger partial charge in [0.25, 0.3) is 0 Å². The summed E-state index contributed by atoms with van der Waals surface area (Å²) in [5, 5.41) is 4.69. The van der Waals surface area contributed by atoms with Crippen molar-refractivity contribution in [3.8, 4) is 0 Å². The van der Waals surface area contributed by atoms with Crippen molar-refractivity contribution in [2.24, 2.45) is 5.92 Å².